The molecule has 1 aromatic heterocycles. The Morgan fingerprint density at radius 1 is 1.12 bits per heavy atom. The Balaban J connectivity index is 1.45. The maximum Gasteiger partial charge on any atom is 0.319 e. The number of hydrogen-bond acceptors (Lipinski definition) is 10. The number of anilines is 1. The lowest BCUT2D eigenvalue weighted by Gasteiger charge is -2.37. The van der Waals surface area contributed by atoms with Crippen molar-refractivity contribution < 1.29 is 33.8 Å². The molecular formula is C34H45N9O7. The van der Waals surface area contributed by atoms with Gasteiger partial charge in [-0.1, -0.05) is 37.3 Å². The smallest absolute Gasteiger partial charge is 0.319 e. The van der Waals surface area contributed by atoms with E-state index in [1.165, 1.54) is 15.8 Å². The van der Waals surface area contributed by atoms with Crippen LogP contribution < -0.4 is 21.7 Å². The number of nitrogens with two attached hydrogens (primary N) is 1. The molecule has 3 aliphatic rings. The first kappa shape index (κ1) is 36.4. The van der Waals surface area contributed by atoms with E-state index < -0.39 is 58.8 Å². The van der Waals surface area contributed by atoms with Gasteiger partial charge >= 0.3 is 6.03 Å². The molecule has 3 fully saturated rings. The van der Waals surface area contributed by atoms with Crippen LogP contribution in [-0.2, 0) is 29.5 Å². The number of benzene rings is 1. The largest absolute Gasteiger partial charge is 0.384 e. The van der Waals surface area contributed by atoms with Gasteiger partial charge in [0, 0.05) is 44.7 Å². The van der Waals surface area contributed by atoms with Crippen LogP contribution in [0.5, 0.6) is 0 Å². The van der Waals surface area contributed by atoms with Crippen molar-refractivity contribution >= 4 is 35.2 Å². The van der Waals surface area contributed by atoms with Crippen molar-refractivity contribution in [3.63, 3.8) is 0 Å². The summed E-state index contributed by atoms with van der Waals surface area (Å²) in [4.78, 5) is 68.7. The van der Waals surface area contributed by atoms with Crippen LogP contribution in [0.1, 0.15) is 88.9 Å². The molecular weight excluding hydrogens is 646 g/mol. The normalized spacial score (nSPS) is 21.4. The first-order valence-electron chi connectivity index (χ1n) is 17.1. The zero-order valence-corrected chi connectivity index (χ0v) is 28.4. The number of rotatable bonds is 11. The number of carbonyl (C=O) groups is 5. The second-order valence-electron chi connectivity index (χ2n) is 14.0. The molecule has 2 unspecified atom stereocenters. The number of ether oxygens (including phenoxy) is 1. The van der Waals surface area contributed by atoms with E-state index in [9.17, 15) is 29.1 Å². The highest BCUT2D eigenvalue weighted by Gasteiger charge is 2.49. The molecule has 2 aliphatic heterocycles. The third kappa shape index (κ3) is 8.28. The molecule has 6 N–H and O–H groups in total. The van der Waals surface area contributed by atoms with Crippen LogP contribution in [0.4, 0.5) is 10.5 Å². The number of primary amides is 1. The number of nitriles is 1. The van der Waals surface area contributed by atoms with Crippen LogP contribution in [0.15, 0.2) is 30.5 Å². The molecule has 268 valence electrons. The molecule has 0 bridgehead atoms. The molecule has 5 amide bonds. The van der Waals surface area contributed by atoms with Gasteiger partial charge in [0.2, 0.25) is 17.6 Å². The molecule has 0 radical (unpaired) electrons. The maximum absolute atomic E-state index is 14.6. The number of aromatic nitrogens is 3. The van der Waals surface area contributed by atoms with Crippen molar-refractivity contribution in [2.24, 2.45) is 11.7 Å². The van der Waals surface area contributed by atoms with E-state index in [1.807, 2.05) is 6.07 Å². The predicted octanol–water partition coefficient (Wildman–Crippen LogP) is 1.40. The zero-order valence-electron chi connectivity index (χ0n) is 28.4. The number of ketones is 1. The van der Waals surface area contributed by atoms with Crippen LogP contribution in [0.25, 0.3) is 0 Å². The molecule has 2 aromatic rings. The van der Waals surface area contributed by atoms with Gasteiger partial charge in [-0.25, -0.2) is 9.48 Å². The topological polar surface area (TPSA) is 235 Å². The minimum absolute atomic E-state index is 0.0106. The number of nitrogens with one attached hydrogen (secondary N) is 3. The number of carbonyl (C=O) groups excluding carboxylic acids is 5. The van der Waals surface area contributed by atoms with Gasteiger partial charge < -0.3 is 36.4 Å². The van der Waals surface area contributed by atoms with Crippen molar-refractivity contribution in [1.82, 2.24) is 30.5 Å². The van der Waals surface area contributed by atoms with Gasteiger partial charge in [0.25, 0.3) is 5.91 Å². The van der Waals surface area contributed by atoms with Crippen LogP contribution in [0.2, 0.25) is 0 Å². The molecule has 5 rings (SSSR count). The van der Waals surface area contributed by atoms with E-state index in [2.05, 4.69) is 26.3 Å². The van der Waals surface area contributed by atoms with E-state index in [0.717, 1.165) is 32.1 Å². The van der Waals surface area contributed by atoms with Gasteiger partial charge in [0.15, 0.2) is 0 Å². The Hall–Kier alpha value is -4.88. The van der Waals surface area contributed by atoms with E-state index >= 15 is 0 Å². The first-order chi connectivity index (χ1) is 23.8. The summed E-state index contributed by atoms with van der Waals surface area (Å²) in [5, 5.41) is 36.4. The van der Waals surface area contributed by atoms with Crippen LogP contribution in [0, 0.1) is 17.2 Å². The number of hydrogen-bond donors (Lipinski definition) is 5. The highest BCUT2D eigenvalue weighted by Crippen LogP contribution is 2.34. The SMILES string of the molecule is CC(C)(O)c1cnnn1C1CC(C(=O)NC2(C(=O)C(N)=O)CCOCC2)N(C(=O)[C@@H](CC2CCCCC2)NC(=O)Nc2ccc(C#N)cc2)C1. The van der Waals surface area contributed by atoms with E-state index in [1.54, 1.807) is 38.1 Å². The third-order valence-corrected chi connectivity index (χ3v) is 9.95. The molecule has 1 aromatic carbocycles. The Morgan fingerprint density at radius 2 is 1.80 bits per heavy atom. The number of urea groups is 1. The number of likely N-dealkylation sites (tertiary alicyclic amines) is 1. The van der Waals surface area contributed by atoms with Gasteiger partial charge in [-0.2, -0.15) is 5.26 Å². The van der Waals surface area contributed by atoms with Crippen LogP contribution in [0.3, 0.4) is 0 Å². The number of Topliss-reactive ketones (excluding diaryl/α,β-unsaturated/α-hetero) is 1. The van der Waals surface area contributed by atoms with Crippen LogP contribution >= 0.6 is 0 Å². The predicted molar refractivity (Wildman–Crippen MR) is 178 cm³/mol. The van der Waals surface area contributed by atoms with E-state index in [-0.39, 0.29) is 44.9 Å². The molecule has 16 heteroatoms. The Kier molecular flexibility index (Phi) is 11.2. The van der Waals surface area contributed by atoms with E-state index in [4.69, 9.17) is 15.7 Å². The summed E-state index contributed by atoms with van der Waals surface area (Å²) in [6.07, 6.45) is 6.75. The minimum atomic E-state index is -1.60. The monoisotopic (exact) mass is 691 g/mol. The minimum Gasteiger partial charge on any atom is -0.384 e. The van der Waals surface area contributed by atoms with Gasteiger partial charge in [0.05, 0.1) is 29.6 Å². The van der Waals surface area contributed by atoms with Gasteiger partial charge in [0.1, 0.15) is 23.2 Å². The summed E-state index contributed by atoms with van der Waals surface area (Å²) < 4.78 is 6.90. The van der Waals surface area contributed by atoms with Gasteiger partial charge in [-0.05, 0) is 50.5 Å². The average Bonchev–Trinajstić information content (AvgIpc) is 3.77. The lowest BCUT2D eigenvalue weighted by atomic mass is 9.84. The van der Waals surface area contributed by atoms with Crippen molar-refractivity contribution in [3.05, 3.63) is 41.7 Å². The average molecular weight is 692 g/mol. The van der Waals surface area contributed by atoms with E-state index in [0.29, 0.717) is 23.4 Å². The molecule has 1 aliphatic carbocycles. The highest BCUT2D eigenvalue weighted by atomic mass is 16.5. The van der Waals surface area contributed by atoms with Gasteiger partial charge in [-0.3, -0.25) is 19.2 Å². The molecule has 3 heterocycles. The lowest BCUT2D eigenvalue weighted by Crippen LogP contribution is -2.64. The lowest BCUT2D eigenvalue weighted by molar-refractivity contribution is -0.147. The number of amides is 5. The fourth-order valence-electron chi connectivity index (χ4n) is 7.25. The molecule has 1 saturated carbocycles. The Morgan fingerprint density at radius 3 is 2.42 bits per heavy atom. The molecule has 2 saturated heterocycles. The molecule has 3 atom stereocenters. The van der Waals surface area contributed by atoms with Crippen molar-refractivity contribution in [2.75, 3.05) is 25.1 Å². The van der Waals surface area contributed by atoms with Crippen LogP contribution in [-0.4, -0.2) is 91.9 Å². The maximum atomic E-state index is 14.6. The summed E-state index contributed by atoms with van der Waals surface area (Å²) in [5.41, 5.74) is 3.69. The molecule has 16 nitrogen and oxygen atoms in total. The molecule has 0 spiro atoms. The summed E-state index contributed by atoms with van der Waals surface area (Å²) in [6.45, 7) is 3.37. The fraction of sp³-hybridized carbons (Fsp3) is 0.588. The summed E-state index contributed by atoms with van der Waals surface area (Å²) in [5.74, 6) is -3.14. The number of aliphatic hydroxyl groups is 1. The fourth-order valence-corrected chi connectivity index (χ4v) is 7.25. The summed E-state index contributed by atoms with van der Waals surface area (Å²) >= 11 is 0. The third-order valence-electron chi connectivity index (χ3n) is 9.95. The molecule has 50 heavy (non-hydrogen) atoms. The second-order valence-corrected chi connectivity index (χ2v) is 14.0. The van der Waals surface area contributed by atoms with Crippen molar-refractivity contribution in [2.45, 2.75) is 101 Å². The summed E-state index contributed by atoms with van der Waals surface area (Å²) in [6, 6.07) is 4.94. The highest BCUT2D eigenvalue weighted by molar-refractivity contribution is 6.39. The second kappa shape index (κ2) is 15.3. The first-order valence-corrected chi connectivity index (χ1v) is 17.1. The van der Waals surface area contributed by atoms with Gasteiger partial charge in [-0.15, -0.1) is 5.10 Å². The zero-order chi connectivity index (χ0) is 36.1. The Bertz CT molecular complexity index is 1620. The van der Waals surface area contributed by atoms with Crippen molar-refractivity contribution in [3.8, 4) is 6.07 Å². The van der Waals surface area contributed by atoms with Crippen molar-refractivity contribution in [1.29, 1.82) is 5.26 Å². The standard InChI is InChI=1S/C34H45N9O7/c1-33(2,49)27-19-37-41-43(27)24-17-26(30(46)40-34(28(44)29(36)45)12-14-50-15-13-34)42(20-24)31(47)25(16-21-6-4-3-5-7-21)39-32(48)38-23-10-8-22(18-35)9-11-23/h8-11,19,21,24-26,49H,3-7,12-17,20H2,1-2H3,(H2,36,45)(H,40,46)(H2,38,39,48)/t24?,25-,26?/m1/s1. The quantitative estimate of drug-likeness (QED) is 0.212. The Labute approximate surface area is 290 Å². The number of nitrogens with zero attached hydrogens (tertiary/aromatic N) is 5. The summed E-state index contributed by atoms with van der Waals surface area (Å²) in [7, 11) is 0.